The number of nitrogens with zero attached hydrogens (tertiary/aromatic N) is 1. The third-order valence-corrected chi connectivity index (χ3v) is 4.08. The van der Waals surface area contributed by atoms with Crippen LogP contribution in [0.2, 0.25) is 0 Å². The number of hydrogen-bond acceptors (Lipinski definition) is 2. The lowest BCUT2D eigenvalue weighted by atomic mass is 9.90. The number of hydrogen-bond donors (Lipinski definition) is 1. The van der Waals surface area contributed by atoms with Gasteiger partial charge in [-0.15, -0.1) is 0 Å². The summed E-state index contributed by atoms with van der Waals surface area (Å²) in [6.07, 6.45) is 2.64. The first-order valence-corrected chi connectivity index (χ1v) is 6.76. The number of likely N-dealkylation sites (N-methyl/N-ethyl adjacent to an activating group) is 1. The van der Waals surface area contributed by atoms with E-state index in [2.05, 4.69) is 43.0 Å². The first kappa shape index (κ1) is 12.6. The summed E-state index contributed by atoms with van der Waals surface area (Å²) in [5, 5.41) is 0. The van der Waals surface area contributed by atoms with E-state index in [9.17, 15) is 0 Å². The van der Waals surface area contributed by atoms with Crippen LogP contribution in [0.1, 0.15) is 37.8 Å². The predicted molar refractivity (Wildman–Crippen MR) is 73.0 cm³/mol. The van der Waals surface area contributed by atoms with Gasteiger partial charge in [0.1, 0.15) is 0 Å². The molecule has 1 aliphatic rings. The fourth-order valence-corrected chi connectivity index (χ4v) is 2.75. The highest BCUT2D eigenvalue weighted by atomic mass is 15.1. The minimum absolute atomic E-state index is 0.405. The van der Waals surface area contributed by atoms with Gasteiger partial charge in [-0.1, -0.05) is 38.1 Å². The van der Waals surface area contributed by atoms with Crippen LogP contribution in [0.3, 0.4) is 0 Å². The molecule has 1 fully saturated rings. The predicted octanol–water partition coefficient (Wildman–Crippen LogP) is 2.52. The summed E-state index contributed by atoms with van der Waals surface area (Å²) in [7, 11) is 0. The number of benzene rings is 1. The van der Waals surface area contributed by atoms with Gasteiger partial charge >= 0.3 is 0 Å². The molecule has 94 valence electrons. The average Bonchev–Trinajstić information content (AvgIpc) is 3.17. The minimum Gasteiger partial charge on any atom is -0.326 e. The monoisotopic (exact) mass is 232 g/mol. The molecule has 0 aromatic heterocycles. The van der Waals surface area contributed by atoms with Crippen molar-refractivity contribution in [3.05, 3.63) is 35.4 Å². The van der Waals surface area contributed by atoms with Crippen molar-refractivity contribution >= 4 is 0 Å². The van der Waals surface area contributed by atoms with Crippen LogP contribution in [0, 0.1) is 0 Å². The van der Waals surface area contributed by atoms with Crippen LogP contribution in [0.15, 0.2) is 24.3 Å². The molecular formula is C15H24N2. The van der Waals surface area contributed by atoms with Crippen LogP contribution in [0.25, 0.3) is 0 Å². The quantitative estimate of drug-likeness (QED) is 0.816. The van der Waals surface area contributed by atoms with E-state index in [1.807, 2.05) is 0 Å². The lowest BCUT2D eigenvalue weighted by molar-refractivity contribution is 0.274. The zero-order valence-electron chi connectivity index (χ0n) is 11.1. The molecule has 2 heteroatoms. The first-order chi connectivity index (χ1) is 8.25. The van der Waals surface area contributed by atoms with Gasteiger partial charge < -0.3 is 10.6 Å². The Morgan fingerprint density at radius 1 is 1.18 bits per heavy atom. The second kappa shape index (κ2) is 5.19. The van der Waals surface area contributed by atoms with Gasteiger partial charge in [0.25, 0.3) is 0 Å². The summed E-state index contributed by atoms with van der Waals surface area (Å²) >= 11 is 0. The van der Waals surface area contributed by atoms with Crippen molar-refractivity contribution in [1.82, 2.24) is 4.90 Å². The van der Waals surface area contributed by atoms with Crippen LogP contribution >= 0.6 is 0 Å². The van der Waals surface area contributed by atoms with Crippen molar-refractivity contribution < 1.29 is 0 Å². The second-order valence-electron chi connectivity index (χ2n) is 5.10. The van der Waals surface area contributed by atoms with E-state index in [0.717, 1.165) is 13.1 Å². The van der Waals surface area contributed by atoms with Crippen LogP contribution < -0.4 is 5.73 Å². The molecule has 1 aromatic rings. The third kappa shape index (κ3) is 2.53. The summed E-state index contributed by atoms with van der Waals surface area (Å²) in [6.45, 7) is 8.63. The number of nitrogens with two attached hydrogens (primary N) is 1. The molecule has 0 bridgehead atoms. The summed E-state index contributed by atoms with van der Waals surface area (Å²) in [4.78, 5) is 2.53. The molecule has 0 unspecified atom stereocenters. The Balaban J connectivity index is 2.20. The lowest BCUT2D eigenvalue weighted by Gasteiger charge is -2.26. The molecular weight excluding hydrogens is 208 g/mol. The van der Waals surface area contributed by atoms with Crippen molar-refractivity contribution in [2.75, 3.05) is 19.6 Å². The fraction of sp³-hybridized carbons (Fsp3) is 0.600. The Morgan fingerprint density at radius 3 is 2.35 bits per heavy atom. The second-order valence-corrected chi connectivity index (χ2v) is 5.10. The molecule has 0 saturated heterocycles. The zero-order chi connectivity index (χ0) is 12.3. The molecule has 1 saturated carbocycles. The van der Waals surface area contributed by atoms with Gasteiger partial charge in [-0.05, 0) is 37.1 Å². The molecule has 2 N–H and O–H groups in total. The van der Waals surface area contributed by atoms with Crippen molar-refractivity contribution in [3.8, 4) is 0 Å². The van der Waals surface area contributed by atoms with Crippen molar-refractivity contribution in [3.63, 3.8) is 0 Å². The molecule has 0 heterocycles. The van der Waals surface area contributed by atoms with Crippen molar-refractivity contribution in [2.45, 2.75) is 38.6 Å². The fourth-order valence-electron chi connectivity index (χ4n) is 2.75. The van der Waals surface area contributed by atoms with Crippen LogP contribution in [0.4, 0.5) is 0 Å². The first-order valence-electron chi connectivity index (χ1n) is 6.76. The molecule has 0 radical (unpaired) electrons. The largest absolute Gasteiger partial charge is 0.326 e. The van der Waals surface area contributed by atoms with E-state index in [4.69, 9.17) is 5.73 Å². The van der Waals surface area contributed by atoms with Gasteiger partial charge in [0.05, 0.1) is 0 Å². The van der Waals surface area contributed by atoms with Crippen molar-refractivity contribution in [1.29, 1.82) is 0 Å². The highest BCUT2D eigenvalue weighted by Crippen LogP contribution is 2.49. The van der Waals surface area contributed by atoms with E-state index >= 15 is 0 Å². The van der Waals surface area contributed by atoms with Gasteiger partial charge in [0.2, 0.25) is 0 Å². The topological polar surface area (TPSA) is 29.3 Å². The summed E-state index contributed by atoms with van der Waals surface area (Å²) in [6, 6.07) is 8.70. The van der Waals surface area contributed by atoms with Gasteiger partial charge in [-0.2, -0.15) is 0 Å². The summed E-state index contributed by atoms with van der Waals surface area (Å²) in [5.74, 6) is 0. The third-order valence-electron chi connectivity index (χ3n) is 4.08. The average molecular weight is 232 g/mol. The van der Waals surface area contributed by atoms with E-state index in [-0.39, 0.29) is 0 Å². The Kier molecular flexibility index (Phi) is 3.85. The molecule has 2 rings (SSSR count). The van der Waals surface area contributed by atoms with E-state index in [1.54, 1.807) is 0 Å². The molecule has 17 heavy (non-hydrogen) atoms. The van der Waals surface area contributed by atoms with Crippen LogP contribution in [0.5, 0.6) is 0 Å². The normalized spacial score (nSPS) is 17.4. The lowest BCUT2D eigenvalue weighted by Crippen LogP contribution is -2.33. The maximum atomic E-state index is 5.86. The molecule has 0 amide bonds. The Bertz CT molecular complexity index is 365. The Labute approximate surface area is 105 Å². The van der Waals surface area contributed by atoms with Gasteiger partial charge in [-0.25, -0.2) is 0 Å². The highest BCUT2D eigenvalue weighted by Gasteiger charge is 2.45. The molecule has 2 nitrogen and oxygen atoms in total. The minimum atomic E-state index is 0.405. The van der Waals surface area contributed by atoms with E-state index in [1.165, 1.54) is 30.5 Å². The smallest absolute Gasteiger partial charge is 0.0181 e. The number of rotatable bonds is 6. The Morgan fingerprint density at radius 2 is 1.82 bits per heavy atom. The van der Waals surface area contributed by atoms with Gasteiger partial charge in [-0.3, -0.25) is 0 Å². The van der Waals surface area contributed by atoms with Crippen molar-refractivity contribution in [2.24, 2.45) is 5.73 Å². The SMILES string of the molecule is CCN(CC)CC1(c2ccccc2CN)CC1. The highest BCUT2D eigenvalue weighted by molar-refractivity contribution is 5.39. The van der Waals surface area contributed by atoms with Gasteiger partial charge in [0, 0.05) is 18.5 Å². The van der Waals surface area contributed by atoms with Crippen LogP contribution in [-0.4, -0.2) is 24.5 Å². The zero-order valence-corrected chi connectivity index (χ0v) is 11.1. The molecule has 0 spiro atoms. The molecule has 1 aromatic carbocycles. The summed E-state index contributed by atoms with van der Waals surface area (Å²) < 4.78 is 0. The van der Waals surface area contributed by atoms with Gasteiger partial charge in [0.15, 0.2) is 0 Å². The van der Waals surface area contributed by atoms with E-state index < -0.39 is 0 Å². The molecule has 1 aliphatic carbocycles. The maximum absolute atomic E-state index is 5.86. The molecule has 0 aliphatic heterocycles. The van der Waals surface area contributed by atoms with E-state index in [0.29, 0.717) is 12.0 Å². The van der Waals surface area contributed by atoms with Crippen LogP contribution in [-0.2, 0) is 12.0 Å². The maximum Gasteiger partial charge on any atom is 0.0181 e. The summed E-state index contributed by atoms with van der Waals surface area (Å²) in [5.41, 5.74) is 9.09. The Hall–Kier alpha value is -0.860. The standard InChI is InChI=1S/C15H24N2/c1-3-17(4-2)12-15(9-10-15)14-8-6-5-7-13(14)11-16/h5-8H,3-4,9-12,16H2,1-2H3. The molecule has 0 atom stereocenters.